The van der Waals surface area contributed by atoms with Crippen LogP contribution in [0.4, 0.5) is 0 Å². The van der Waals surface area contributed by atoms with Crippen LogP contribution < -0.4 is 0 Å². The van der Waals surface area contributed by atoms with Crippen LogP contribution in [-0.4, -0.2) is 30.8 Å². The fourth-order valence-electron chi connectivity index (χ4n) is 4.32. The molecule has 0 spiro atoms. The zero-order valence-electron chi connectivity index (χ0n) is 16.5. The van der Waals surface area contributed by atoms with Gasteiger partial charge in [0.1, 0.15) is 22.8 Å². The Morgan fingerprint density at radius 3 is 2.89 bits per heavy atom. The molecule has 0 aromatic carbocycles. The van der Waals surface area contributed by atoms with Gasteiger partial charge in [-0.2, -0.15) is 0 Å². The topological polar surface area (TPSA) is 61.8 Å². The summed E-state index contributed by atoms with van der Waals surface area (Å²) in [6.07, 6.45) is 3.91. The Morgan fingerprint density at radius 1 is 1.43 bits per heavy atom. The van der Waals surface area contributed by atoms with Crippen molar-refractivity contribution in [2.24, 2.45) is 11.3 Å². The summed E-state index contributed by atoms with van der Waals surface area (Å²) in [4.78, 5) is 25.2. The first-order valence-corrected chi connectivity index (χ1v) is 10.5. The van der Waals surface area contributed by atoms with Crippen LogP contribution in [0.2, 0.25) is 0 Å². The van der Waals surface area contributed by atoms with E-state index in [4.69, 9.17) is 14.2 Å². The van der Waals surface area contributed by atoms with Gasteiger partial charge in [0, 0.05) is 29.1 Å². The fourth-order valence-corrected chi connectivity index (χ4v) is 4.93. The molecule has 0 N–H and O–H groups in total. The Morgan fingerprint density at radius 2 is 2.21 bits per heavy atom. The van der Waals surface area contributed by atoms with Crippen LogP contribution in [0.25, 0.3) is 0 Å². The summed E-state index contributed by atoms with van der Waals surface area (Å²) in [5.74, 6) is 0.0436. The smallest absolute Gasteiger partial charge is 0.348 e. The molecule has 0 saturated heterocycles. The van der Waals surface area contributed by atoms with Gasteiger partial charge in [-0.05, 0) is 49.4 Å². The number of fused-ring (bicyclic) bond motifs is 2. The number of ether oxygens (including phenoxy) is 3. The third-order valence-corrected chi connectivity index (χ3v) is 7.09. The molecule has 0 amide bonds. The van der Waals surface area contributed by atoms with E-state index in [1.807, 2.05) is 30.5 Å². The number of esters is 2. The molecule has 4 rings (SSSR count). The highest BCUT2D eigenvalue weighted by molar-refractivity contribution is 7.11. The minimum atomic E-state index is -0.405. The number of rotatable bonds is 4. The van der Waals surface area contributed by atoms with Crippen molar-refractivity contribution in [3.05, 3.63) is 57.0 Å². The molecule has 6 heteroatoms. The van der Waals surface area contributed by atoms with E-state index in [2.05, 4.69) is 13.8 Å². The molecule has 2 aliphatic carbocycles. The number of carbonyl (C=O) groups is 2. The van der Waals surface area contributed by atoms with E-state index in [-0.39, 0.29) is 29.4 Å². The van der Waals surface area contributed by atoms with Gasteiger partial charge in [0.15, 0.2) is 0 Å². The van der Waals surface area contributed by atoms with Crippen molar-refractivity contribution < 1.29 is 23.8 Å². The van der Waals surface area contributed by atoms with Crippen LogP contribution in [0, 0.1) is 11.3 Å². The summed E-state index contributed by atoms with van der Waals surface area (Å²) in [5, 5.41) is 1.86. The molecule has 1 aromatic heterocycles. The summed E-state index contributed by atoms with van der Waals surface area (Å²) in [6, 6.07) is 3.61. The maximum Gasteiger partial charge on any atom is 0.348 e. The van der Waals surface area contributed by atoms with Crippen molar-refractivity contribution in [2.45, 2.75) is 46.3 Å². The second kappa shape index (κ2) is 7.01. The Hall–Kier alpha value is -2.18. The molecular weight excluding hydrogens is 376 g/mol. The monoisotopic (exact) mass is 400 g/mol. The summed E-state index contributed by atoms with van der Waals surface area (Å²) in [5.41, 5.74) is 2.41. The second-order valence-electron chi connectivity index (χ2n) is 7.77. The van der Waals surface area contributed by atoms with Crippen molar-refractivity contribution in [3.8, 4) is 0 Å². The van der Waals surface area contributed by atoms with E-state index in [1.165, 1.54) is 11.3 Å². The van der Waals surface area contributed by atoms with E-state index in [9.17, 15) is 9.59 Å². The molecule has 5 nitrogen and oxygen atoms in total. The molecule has 0 unspecified atom stereocenters. The predicted octanol–water partition coefficient (Wildman–Crippen LogP) is 4.42. The molecule has 148 valence electrons. The molecule has 3 aliphatic rings. The number of thiophene rings is 1. The molecule has 0 saturated carbocycles. The summed E-state index contributed by atoms with van der Waals surface area (Å²) in [7, 11) is 0. The lowest BCUT2D eigenvalue weighted by molar-refractivity contribution is -0.133. The minimum Gasteiger partial charge on any atom is -0.455 e. The molecule has 2 heterocycles. The normalized spacial score (nSPS) is 31.6. The molecule has 1 aliphatic heterocycles. The second-order valence-corrected chi connectivity index (χ2v) is 8.72. The first-order valence-electron chi connectivity index (χ1n) is 9.57. The lowest BCUT2D eigenvalue weighted by Crippen LogP contribution is -2.49. The average molecular weight is 400 g/mol. The quantitative estimate of drug-likeness (QED) is 0.700. The third-order valence-electron chi connectivity index (χ3n) is 6.24. The van der Waals surface area contributed by atoms with Crippen LogP contribution in [0.1, 0.15) is 43.8 Å². The number of carbonyl (C=O) groups excluding carboxylic acids is 2. The molecule has 0 bridgehead atoms. The Bertz CT molecular complexity index is 907. The SMILES string of the molecule is CCO[C@@H]1C=C2C=C3OC(=O)C(C)=C3C[C@]2(C)[C@@H](C)[C@H]1OC(=O)c1cccs1. The maximum absolute atomic E-state index is 12.6. The van der Waals surface area contributed by atoms with Gasteiger partial charge in [0.25, 0.3) is 0 Å². The van der Waals surface area contributed by atoms with Crippen molar-refractivity contribution in [1.29, 1.82) is 0 Å². The van der Waals surface area contributed by atoms with Gasteiger partial charge in [-0.3, -0.25) is 0 Å². The van der Waals surface area contributed by atoms with Crippen molar-refractivity contribution in [1.82, 2.24) is 0 Å². The largest absolute Gasteiger partial charge is 0.455 e. The maximum atomic E-state index is 12.6. The summed E-state index contributed by atoms with van der Waals surface area (Å²) in [6.45, 7) is 8.51. The number of hydrogen-bond acceptors (Lipinski definition) is 6. The van der Waals surface area contributed by atoms with Crippen molar-refractivity contribution in [3.63, 3.8) is 0 Å². The highest BCUT2D eigenvalue weighted by atomic mass is 32.1. The van der Waals surface area contributed by atoms with Gasteiger partial charge in [-0.1, -0.05) is 19.9 Å². The molecular formula is C22H24O5S. The van der Waals surface area contributed by atoms with E-state index in [0.29, 0.717) is 29.2 Å². The van der Waals surface area contributed by atoms with E-state index in [1.54, 1.807) is 13.0 Å². The Labute approximate surface area is 168 Å². The lowest BCUT2D eigenvalue weighted by Gasteiger charge is -2.48. The molecule has 0 radical (unpaired) electrons. The molecule has 0 fully saturated rings. The fraction of sp³-hybridized carbons (Fsp3) is 0.455. The lowest BCUT2D eigenvalue weighted by atomic mass is 9.60. The van der Waals surface area contributed by atoms with Crippen LogP contribution >= 0.6 is 11.3 Å². The summed E-state index contributed by atoms with van der Waals surface area (Å²) >= 11 is 1.37. The molecule has 4 atom stereocenters. The van der Waals surface area contributed by atoms with Gasteiger partial charge >= 0.3 is 11.9 Å². The van der Waals surface area contributed by atoms with E-state index in [0.717, 1.165) is 11.1 Å². The van der Waals surface area contributed by atoms with Gasteiger partial charge in [-0.25, -0.2) is 9.59 Å². The third kappa shape index (κ3) is 2.95. The van der Waals surface area contributed by atoms with Crippen molar-refractivity contribution in [2.75, 3.05) is 6.61 Å². The summed E-state index contributed by atoms with van der Waals surface area (Å²) < 4.78 is 17.3. The van der Waals surface area contributed by atoms with Gasteiger partial charge in [-0.15, -0.1) is 11.3 Å². The van der Waals surface area contributed by atoms with Crippen LogP contribution in [-0.2, 0) is 19.0 Å². The Balaban J connectivity index is 1.71. The first kappa shape index (κ1) is 19.2. The Kier molecular flexibility index (Phi) is 4.79. The van der Waals surface area contributed by atoms with Crippen LogP contribution in [0.5, 0.6) is 0 Å². The zero-order chi connectivity index (χ0) is 20.1. The average Bonchev–Trinajstić information content (AvgIpc) is 3.28. The van der Waals surface area contributed by atoms with Gasteiger partial charge in [0.05, 0.1) is 0 Å². The molecule has 28 heavy (non-hydrogen) atoms. The first-order chi connectivity index (χ1) is 13.3. The zero-order valence-corrected chi connectivity index (χ0v) is 17.3. The highest BCUT2D eigenvalue weighted by Crippen LogP contribution is 2.54. The van der Waals surface area contributed by atoms with Crippen LogP contribution in [0.3, 0.4) is 0 Å². The minimum absolute atomic E-state index is 0.00163. The van der Waals surface area contributed by atoms with Gasteiger partial charge in [0.2, 0.25) is 0 Å². The molecule has 1 aromatic rings. The van der Waals surface area contributed by atoms with Gasteiger partial charge < -0.3 is 14.2 Å². The van der Waals surface area contributed by atoms with Crippen LogP contribution in [0.15, 0.2) is 52.1 Å². The highest BCUT2D eigenvalue weighted by Gasteiger charge is 2.51. The van der Waals surface area contributed by atoms with E-state index >= 15 is 0 Å². The number of hydrogen-bond donors (Lipinski definition) is 0. The van der Waals surface area contributed by atoms with Crippen molar-refractivity contribution >= 4 is 23.3 Å². The van der Waals surface area contributed by atoms with E-state index < -0.39 is 6.10 Å². The predicted molar refractivity (Wildman–Crippen MR) is 106 cm³/mol. The number of allylic oxidation sites excluding steroid dienone is 3. The standard InChI is InChI=1S/C22H24O5S/c1-5-25-17-10-14-9-16-15(12(2)20(23)26-16)11-22(14,4)13(3)19(17)27-21(24)18-7-6-8-28-18/h6-10,13,17,19H,5,11H2,1-4H3/t13-,17+,19+,22+/m0/s1.